The van der Waals surface area contributed by atoms with E-state index in [2.05, 4.69) is 0 Å². The number of carbonyl (C=O) groups excluding carboxylic acids is 1. The first-order chi connectivity index (χ1) is 9.08. The number of carbonyl (C=O) groups is 1. The van der Waals surface area contributed by atoms with Crippen molar-refractivity contribution in [2.75, 3.05) is 7.05 Å². The second-order valence-corrected chi connectivity index (χ2v) is 5.89. The van der Waals surface area contributed by atoms with E-state index in [1.165, 1.54) is 4.88 Å². The van der Waals surface area contributed by atoms with Gasteiger partial charge in [-0.1, -0.05) is 30.3 Å². The Balaban J connectivity index is 2.03. The third-order valence-electron chi connectivity index (χ3n) is 2.91. The average Bonchev–Trinajstić information content (AvgIpc) is 2.83. The Bertz CT molecular complexity index is 550. The number of thiophene rings is 1. The fourth-order valence-electron chi connectivity index (χ4n) is 1.87. The highest BCUT2D eigenvalue weighted by molar-refractivity contribution is 7.11. The summed E-state index contributed by atoms with van der Waals surface area (Å²) in [5, 5.41) is 10.1. The lowest BCUT2D eigenvalue weighted by atomic mass is 10.1. The van der Waals surface area contributed by atoms with E-state index in [0.717, 1.165) is 4.88 Å². The standard InChI is InChI=1S/C15H17NO2S/c1-11-8-9-13(19-11)10-16(2)15(18)14(17)12-6-4-3-5-7-12/h3-9,14,17H,10H2,1-2H3. The molecule has 0 aliphatic heterocycles. The predicted octanol–water partition coefficient (Wildman–Crippen LogP) is 2.75. The first-order valence-electron chi connectivity index (χ1n) is 6.11. The number of amides is 1. The Hall–Kier alpha value is -1.65. The van der Waals surface area contributed by atoms with E-state index in [1.54, 1.807) is 35.4 Å². The van der Waals surface area contributed by atoms with Gasteiger partial charge in [0.2, 0.25) is 0 Å². The van der Waals surface area contributed by atoms with Crippen molar-refractivity contribution in [1.82, 2.24) is 4.90 Å². The largest absolute Gasteiger partial charge is 0.378 e. The quantitative estimate of drug-likeness (QED) is 0.932. The summed E-state index contributed by atoms with van der Waals surface area (Å²) in [6.45, 7) is 2.57. The monoisotopic (exact) mass is 275 g/mol. The van der Waals surface area contributed by atoms with E-state index in [-0.39, 0.29) is 5.91 Å². The molecular weight excluding hydrogens is 258 g/mol. The Morgan fingerprint density at radius 1 is 1.26 bits per heavy atom. The van der Waals surface area contributed by atoms with E-state index in [0.29, 0.717) is 12.1 Å². The van der Waals surface area contributed by atoms with E-state index in [1.807, 2.05) is 37.3 Å². The van der Waals surface area contributed by atoms with Gasteiger partial charge in [0.15, 0.2) is 6.10 Å². The molecule has 2 rings (SSSR count). The van der Waals surface area contributed by atoms with Gasteiger partial charge in [-0.25, -0.2) is 0 Å². The molecule has 0 saturated carbocycles. The van der Waals surface area contributed by atoms with Gasteiger partial charge in [0.1, 0.15) is 0 Å². The maximum absolute atomic E-state index is 12.1. The molecule has 1 heterocycles. The normalized spacial score (nSPS) is 12.2. The van der Waals surface area contributed by atoms with Crippen LogP contribution in [0.1, 0.15) is 21.4 Å². The van der Waals surface area contributed by atoms with Gasteiger partial charge in [0.25, 0.3) is 5.91 Å². The van der Waals surface area contributed by atoms with E-state index in [4.69, 9.17) is 0 Å². The zero-order chi connectivity index (χ0) is 13.8. The van der Waals surface area contributed by atoms with Crippen molar-refractivity contribution < 1.29 is 9.90 Å². The van der Waals surface area contributed by atoms with Crippen LogP contribution in [0.5, 0.6) is 0 Å². The fourth-order valence-corrected chi connectivity index (χ4v) is 2.81. The molecule has 0 bridgehead atoms. The topological polar surface area (TPSA) is 40.5 Å². The van der Waals surface area contributed by atoms with Crippen LogP contribution in [-0.2, 0) is 11.3 Å². The van der Waals surface area contributed by atoms with Crippen LogP contribution in [0.2, 0.25) is 0 Å². The molecule has 3 nitrogen and oxygen atoms in total. The number of rotatable bonds is 4. The average molecular weight is 275 g/mol. The van der Waals surface area contributed by atoms with Crippen LogP contribution >= 0.6 is 11.3 Å². The molecule has 1 aromatic carbocycles. The van der Waals surface area contributed by atoms with Gasteiger partial charge >= 0.3 is 0 Å². The van der Waals surface area contributed by atoms with Crippen molar-refractivity contribution in [3.63, 3.8) is 0 Å². The minimum atomic E-state index is -1.09. The fraction of sp³-hybridized carbons (Fsp3) is 0.267. The number of aryl methyl sites for hydroxylation is 1. The summed E-state index contributed by atoms with van der Waals surface area (Å²) in [4.78, 5) is 16.0. The minimum Gasteiger partial charge on any atom is -0.378 e. The van der Waals surface area contributed by atoms with Crippen LogP contribution in [-0.4, -0.2) is 23.0 Å². The third-order valence-corrected chi connectivity index (χ3v) is 3.90. The highest BCUT2D eigenvalue weighted by Crippen LogP contribution is 2.19. The van der Waals surface area contributed by atoms with Crippen molar-refractivity contribution in [2.24, 2.45) is 0 Å². The van der Waals surface area contributed by atoms with E-state index < -0.39 is 6.10 Å². The van der Waals surface area contributed by atoms with Gasteiger partial charge in [-0.15, -0.1) is 11.3 Å². The molecule has 1 atom stereocenters. The molecule has 1 unspecified atom stereocenters. The first-order valence-corrected chi connectivity index (χ1v) is 6.93. The zero-order valence-electron chi connectivity index (χ0n) is 11.0. The summed E-state index contributed by atoms with van der Waals surface area (Å²) in [5.74, 6) is -0.280. The molecule has 0 radical (unpaired) electrons. The molecule has 19 heavy (non-hydrogen) atoms. The summed E-state index contributed by atoms with van der Waals surface area (Å²) in [5.41, 5.74) is 0.627. The van der Waals surface area contributed by atoms with E-state index >= 15 is 0 Å². The molecule has 0 fully saturated rings. The van der Waals surface area contributed by atoms with Gasteiger partial charge in [-0.3, -0.25) is 4.79 Å². The van der Waals surface area contributed by atoms with Crippen LogP contribution in [0, 0.1) is 6.92 Å². The van der Waals surface area contributed by atoms with Gasteiger partial charge in [0, 0.05) is 16.8 Å². The number of aliphatic hydroxyl groups excluding tert-OH is 1. The van der Waals surface area contributed by atoms with Crippen molar-refractivity contribution in [3.05, 3.63) is 57.8 Å². The van der Waals surface area contributed by atoms with Crippen molar-refractivity contribution in [3.8, 4) is 0 Å². The van der Waals surface area contributed by atoms with Crippen LogP contribution in [0.3, 0.4) is 0 Å². The lowest BCUT2D eigenvalue weighted by molar-refractivity contribution is -0.139. The summed E-state index contributed by atoms with van der Waals surface area (Å²) in [6.07, 6.45) is -1.09. The van der Waals surface area contributed by atoms with Gasteiger partial charge in [-0.05, 0) is 24.6 Å². The van der Waals surface area contributed by atoms with Gasteiger partial charge in [-0.2, -0.15) is 0 Å². The zero-order valence-corrected chi connectivity index (χ0v) is 11.9. The highest BCUT2D eigenvalue weighted by Gasteiger charge is 2.21. The maximum atomic E-state index is 12.1. The summed E-state index contributed by atoms with van der Waals surface area (Å²) in [7, 11) is 1.71. The molecule has 100 valence electrons. The van der Waals surface area contributed by atoms with Crippen molar-refractivity contribution in [1.29, 1.82) is 0 Å². The highest BCUT2D eigenvalue weighted by atomic mass is 32.1. The second-order valence-electron chi connectivity index (χ2n) is 4.52. The van der Waals surface area contributed by atoms with Crippen LogP contribution in [0.4, 0.5) is 0 Å². The molecule has 1 N–H and O–H groups in total. The molecule has 0 aliphatic carbocycles. The first kappa shape index (κ1) is 13.8. The molecule has 0 spiro atoms. The maximum Gasteiger partial charge on any atom is 0.256 e. The molecule has 0 aliphatic rings. The number of hydrogen-bond donors (Lipinski definition) is 1. The van der Waals surface area contributed by atoms with Crippen molar-refractivity contribution >= 4 is 17.2 Å². The second kappa shape index (κ2) is 5.99. The van der Waals surface area contributed by atoms with Crippen LogP contribution < -0.4 is 0 Å². The number of nitrogens with zero attached hydrogens (tertiary/aromatic N) is 1. The third kappa shape index (κ3) is 3.43. The lowest BCUT2D eigenvalue weighted by Crippen LogP contribution is -2.31. The molecule has 1 amide bonds. The molecular formula is C15H17NO2S. The molecule has 2 aromatic rings. The Morgan fingerprint density at radius 2 is 1.95 bits per heavy atom. The van der Waals surface area contributed by atoms with Crippen molar-refractivity contribution in [2.45, 2.75) is 19.6 Å². The Labute approximate surface area is 117 Å². The van der Waals surface area contributed by atoms with Crippen LogP contribution in [0.15, 0.2) is 42.5 Å². The minimum absolute atomic E-state index is 0.280. The van der Waals surface area contributed by atoms with Gasteiger partial charge in [0.05, 0.1) is 6.54 Å². The number of hydrogen-bond acceptors (Lipinski definition) is 3. The van der Waals surface area contributed by atoms with Crippen LogP contribution in [0.25, 0.3) is 0 Å². The summed E-state index contributed by atoms with van der Waals surface area (Å²) < 4.78 is 0. The summed E-state index contributed by atoms with van der Waals surface area (Å²) >= 11 is 1.67. The number of benzene rings is 1. The van der Waals surface area contributed by atoms with E-state index in [9.17, 15) is 9.90 Å². The smallest absolute Gasteiger partial charge is 0.256 e. The van der Waals surface area contributed by atoms with Gasteiger partial charge < -0.3 is 10.0 Å². The summed E-state index contributed by atoms with van der Waals surface area (Å²) in [6, 6.07) is 13.0. The Morgan fingerprint density at radius 3 is 2.53 bits per heavy atom. The lowest BCUT2D eigenvalue weighted by Gasteiger charge is -2.20. The number of aliphatic hydroxyl groups is 1. The predicted molar refractivity (Wildman–Crippen MR) is 76.9 cm³/mol. The Kier molecular flexibility index (Phi) is 4.35. The number of likely N-dealkylation sites (N-methyl/N-ethyl adjacent to an activating group) is 1. The molecule has 0 saturated heterocycles. The molecule has 1 aromatic heterocycles. The SMILES string of the molecule is Cc1ccc(CN(C)C(=O)C(O)c2ccccc2)s1. The molecule has 4 heteroatoms.